The van der Waals surface area contributed by atoms with Gasteiger partial charge < -0.3 is 5.32 Å². The van der Waals surface area contributed by atoms with Crippen LogP contribution in [0.3, 0.4) is 0 Å². The molecule has 0 aliphatic carbocycles. The van der Waals surface area contributed by atoms with Crippen LogP contribution in [0.2, 0.25) is 0 Å². The maximum absolute atomic E-state index is 4.66. The molecule has 0 aliphatic rings. The van der Waals surface area contributed by atoms with Crippen molar-refractivity contribution < 1.29 is 0 Å². The molecule has 0 amide bonds. The predicted molar refractivity (Wildman–Crippen MR) is 107 cm³/mol. The lowest BCUT2D eigenvalue weighted by Crippen LogP contribution is -1.97. The Morgan fingerprint density at radius 1 is 0.889 bits per heavy atom. The molecule has 2 aromatic carbocycles. The Labute approximate surface area is 155 Å². The van der Waals surface area contributed by atoms with E-state index in [1.54, 1.807) is 12.4 Å². The summed E-state index contributed by atoms with van der Waals surface area (Å²) in [6, 6.07) is 18.1. The van der Waals surface area contributed by atoms with Crippen LogP contribution in [0.4, 0.5) is 11.5 Å². The minimum absolute atomic E-state index is 0.662. The average molecular weight is 352 g/mol. The number of anilines is 2. The highest BCUT2D eigenvalue weighted by molar-refractivity contribution is 5.84. The van der Waals surface area contributed by atoms with Gasteiger partial charge in [-0.3, -0.25) is 10.1 Å². The van der Waals surface area contributed by atoms with Crippen molar-refractivity contribution in [3.8, 4) is 11.4 Å². The van der Waals surface area contributed by atoms with Crippen LogP contribution in [-0.4, -0.2) is 25.1 Å². The van der Waals surface area contributed by atoms with Crippen molar-refractivity contribution in [3.05, 3.63) is 72.7 Å². The molecule has 6 heteroatoms. The summed E-state index contributed by atoms with van der Waals surface area (Å²) in [5, 5.41) is 12.5. The van der Waals surface area contributed by atoms with Gasteiger partial charge in [0.2, 0.25) is 0 Å². The second-order valence-corrected chi connectivity index (χ2v) is 6.42. The third kappa shape index (κ3) is 2.97. The summed E-state index contributed by atoms with van der Waals surface area (Å²) < 4.78 is 0. The first-order chi connectivity index (χ1) is 13.2. The van der Waals surface area contributed by atoms with Crippen molar-refractivity contribution in [2.24, 2.45) is 0 Å². The molecule has 0 saturated carbocycles. The molecule has 2 N–H and O–H groups in total. The SMILES string of the molecule is Cc1ccc2ccc(-c3nccc(Nc4ccc5[nH]ncc5c4)n3)cc2n1. The zero-order chi connectivity index (χ0) is 18.2. The predicted octanol–water partition coefficient (Wildman–Crippen LogP) is 4.62. The van der Waals surface area contributed by atoms with E-state index >= 15 is 0 Å². The van der Waals surface area contributed by atoms with Crippen LogP contribution >= 0.6 is 0 Å². The third-order valence-corrected chi connectivity index (χ3v) is 4.46. The summed E-state index contributed by atoms with van der Waals surface area (Å²) in [5.41, 5.74) is 4.83. The van der Waals surface area contributed by atoms with E-state index in [0.717, 1.165) is 44.6 Å². The molecule has 0 atom stereocenters. The number of hydrogen-bond acceptors (Lipinski definition) is 5. The van der Waals surface area contributed by atoms with Crippen molar-refractivity contribution in [2.75, 3.05) is 5.32 Å². The fourth-order valence-corrected chi connectivity index (χ4v) is 3.09. The molecule has 5 rings (SSSR count). The second-order valence-electron chi connectivity index (χ2n) is 6.42. The highest BCUT2D eigenvalue weighted by Crippen LogP contribution is 2.24. The molecule has 27 heavy (non-hydrogen) atoms. The molecular formula is C21H16N6. The highest BCUT2D eigenvalue weighted by Gasteiger charge is 2.06. The molecule has 0 aliphatic heterocycles. The zero-order valence-corrected chi connectivity index (χ0v) is 14.6. The minimum Gasteiger partial charge on any atom is -0.340 e. The Balaban J connectivity index is 1.49. The number of benzene rings is 2. The van der Waals surface area contributed by atoms with Crippen molar-refractivity contribution >= 4 is 33.3 Å². The van der Waals surface area contributed by atoms with Crippen LogP contribution in [0.25, 0.3) is 33.2 Å². The number of aryl methyl sites for hydroxylation is 1. The zero-order valence-electron chi connectivity index (χ0n) is 14.6. The number of nitrogens with one attached hydrogen (secondary N) is 2. The van der Waals surface area contributed by atoms with Crippen LogP contribution in [0.15, 0.2) is 67.0 Å². The van der Waals surface area contributed by atoms with E-state index in [1.807, 2.05) is 55.5 Å². The van der Waals surface area contributed by atoms with E-state index in [9.17, 15) is 0 Å². The van der Waals surface area contributed by atoms with Crippen molar-refractivity contribution in [1.29, 1.82) is 0 Å². The minimum atomic E-state index is 0.662. The first-order valence-electron chi connectivity index (χ1n) is 8.66. The van der Waals surface area contributed by atoms with Gasteiger partial charge in [-0.25, -0.2) is 9.97 Å². The lowest BCUT2D eigenvalue weighted by Gasteiger charge is -2.08. The summed E-state index contributed by atoms with van der Waals surface area (Å²) in [5.74, 6) is 1.40. The maximum Gasteiger partial charge on any atom is 0.161 e. The normalized spacial score (nSPS) is 11.1. The number of fused-ring (bicyclic) bond motifs is 2. The largest absolute Gasteiger partial charge is 0.340 e. The number of rotatable bonds is 3. The molecule has 0 unspecified atom stereocenters. The van der Waals surface area contributed by atoms with Crippen LogP contribution in [0.1, 0.15) is 5.69 Å². The van der Waals surface area contributed by atoms with Gasteiger partial charge in [0.25, 0.3) is 0 Å². The van der Waals surface area contributed by atoms with Gasteiger partial charge in [0.1, 0.15) is 5.82 Å². The van der Waals surface area contributed by atoms with Gasteiger partial charge in [0.15, 0.2) is 5.82 Å². The van der Waals surface area contributed by atoms with Gasteiger partial charge in [0, 0.05) is 33.9 Å². The number of hydrogen-bond donors (Lipinski definition) is 2. The maximum atomic E-state index is 4.66. The average Bonchev–Trinajstić information content (AvgIpc) is 3.15. The van der Waals surface area contributed by atoms with Gasteiger partial charge in [0.05, 0.1) is 17.2 Å². The van der Waals surface area contributed by atoms with Gasteiger partial charge in [-0.05, 0) is 43.3 Å². The van der Waals surface area contributed by atoms with Crippen molar-refractivity contribution in [3.63, 3.8) is 0 Å². The molecule has 6 nitrogen and oxygen atoms in total. The molecule has 0 radical (unpaired) electrons. The number of pyridine rings is 1. The summed E-state index contributed by atoms with van der Waals surface area (Å²) in [4.78, 5) is 13.7. The van der Waals surface area contributed by atoms with E-state index in [-0.39, 0.29) is 0 Å². The first-order valence-corrected chi connectivity index (χ1v) is 8.66. The Kier molecular flexibility index (Phi) is 3.53. The van der Waals surface area contributed by atoms with Crippen LogP contribution in [0, 0.1) is 6.92 Å². The molecule has 0 spiro atoms. The summed E-state index contributed by atoms with van der Waals surface area (Å²) in [6.07, 6.45) is 3.56. The summed E-state index contributed by atoms with van der Waals surface area (Å²) >= 11 is 0. The Bertz CT molecular complexity index is 1270. The number of H-pyrrole nitrogens is 1. The molecule has 0 saturated heterocycles. The number of nitrogens with zero attached hydrogens (tertiary/aromatic N) is 4. The quantitative estimate of drug-likeness (QED) is 0.495. The Hall–Kier alpha value is -3.80. The van der Waals surface area contributed by atoms with E-state index in [1.165, 1.54) is 0 Å². The topological polar surface area (TPSA) is 79.4 Å². The fourth-order valence-electron chi connectivity index (χ4n) is 3.09. The number of aromatic amines is 1. The molecule has 5 aromatic rings. The number of aromatic nitrogens is 5. The van der Waals surface area contributed by atoms with E-state index < -0.39 is 0 Å². The summed E-state index contributed by atoms with van der Waals surface area (Å²) in [6.45, 7) is 1.99. The highest BCUT2D eigenvalue weighted by atomic mass is 15.1. The lowest BCUT2D eigenvalue weighted by atomic mass is 10.1. The van der Waals surface area contributed by atoms with Crippen molar-refractivity contribution in [1.82, 2.24) is 25.1 Å². The van der Waals surface area contributed by atoms with Gasteiger partial charge in [-0.2, -0.15) is 5.10 Å². The molecular weight excluding hydrogens is 336 g/mol. The standard InChI is InChI=1S/C21H16N6/c1-13-2-3-14-4-5-15(11-19(14)24-13)21-22-9-8-20(26-21)25-17-6-7-18-16(10-17)12-23-27-18/h2-12H,1H3,(H,23,27)(H,22,25,26). The second kappa shape index (κ2) is 6.17. The van der Waals surface area contributed by atoms with Crippen molar-refractivity contribution in [2.45, 2.75) is 6.92 Å². The van der Waals surface area contributed by atoms with Gasteiger partial charge in [-0.15, -0.1) is 0 Å². The van der Waals surface area contributed by atoms with Gasteiger partial charge >= 0.3 is 0 Å². The molecule has 0 bridgehead atoms. The summed E-state index contributed by atoms with van der Waals surface area (Å²) in [7, 11) is 0. The molecule has 0 fully saturated rings. The Morgan fingerprint density at radius 3 is 2.78 bits per heavy atom. The van der Waals surface area contributed by atoms with Crippen LogP contribution in [-0.2, 0) is 0 Å². The fraction of sp³-hybridized carbons (Fsp3) is 0.0476. The lowest BCUT2D eigenvalue weighted by molar-refractivity contribution is 1.12. The first kappa shape index (κ1) is 15.5. The molecule has 130 valence electrons. The molecule has 3 heterocycles. The third-order valence-electron chi connectivity index (χ3n) is 4.46. The van der Waals surface area contributed by atoms with Crippen LogP contribution in [0.5, 0.6) is 0 Å². The molecule has 3 aromatic heterocycles. The van der Waals surface area contributed by atoms with E-state index in [2.05, 4.69) is 36.5 Å². The van der Waals surface area contributed by atoms with E-state index in [0.29, 0.717) is 5.82 Å². The Morgan fingerprint density at radius 2 is 1.81 bits per heavy atom. The van der Waals surface area contributed by atoms with E-state index in [4.69, 9.17) is 0 Å². The monoisotopic (exact) mass is 352 g/mol. The van der Waals surface area contributed by atoms with Gasteiger partial charge in [-0.1, -0.05) is 18.2 Å². The smallest absolute Gasteiger partial charge is 0.161 e. The van der Waals surface area contributed by atoms with Crippen LogP contribution < -0.4 is 5.32 Å².